The zero-order valence-electron chi connectivity index (χ0n) is 34.9. The minimum atomic E-state index is -0.362. The number of hydrogen-bond acceptors (Lipinski definition) is 8. The van der Waals surface area contributed by atoms with Gasteiger partial charge in [-0.15, -0.1) is 83.4 Å². The first kappa shape index (κ1) is 43.8. The Bertz CT molecular complexity index is 2520. The van der Waals surface area contributed by atoms with Gasteiger partial charge in [-0.05, 0) is 84.9 Å². The molecular formula is C51H42IrN9. The number of aryl methyl sites for hydroxylation is 3. The second kappa shape index (κ2) is 18.2. The molecule has 2 atom stereocenters. The summed E-state index contributed by atoms with van der Waals surface area (Å²) in [6, 6.07) is 35.7. The summed E-state index contributed by atoms with van der Waals surface area (Å²) in [6.45, 7) is 20.2. The van der Waals surface area contributed by atoms with Crippen LogP contribution in [-0.2, 0) is 20.1 Å². The van der Waals surface area contributed by atoms with Crippen LogP contribution in [0.5, 0.6) is 0 Å². The Hall–Kier alpha value is -6.76. The van der Waals surface area contributed by atoms with Crippen molar-refractivity contribution in [2.24, 2.45) is 31.2 Å². The number of pyridine rings is 3. The first-order chi connectivity index (χ1) is 28.8. The van der Waals surface area contributed by atoms with E-state index in [1.54, 1.807) is 73.2 Å². The van der Waals surface area contributed by atoms with E-state index in [9.17, 15) is 10.5 Å². The Labute approximate surface area is 371 Å². The third-order valence-electron chi connectivity index (χ3n) is 10.8. The van der Waals surface area contributed by atoms with E-state index >= 15 is 0 Å². The molecule has 9 nitrogen and oxygen atoms in total. The SMILES string of the molecule is [C-]#[N+]c1cc[c-]c(-c2cc(C)c(N=CC3(C)CC(C)(C=Nc4cnc(-c5[c-]ccc(C#N)c5)cc4C)CC(C)(C=Nc4cnc(-c5[c-]ccc(C#N)c5)cc4C)C3)cn2)c1.[Ir+3]. The molecule has 6 aromatic rings. The molecule has 0 aliphatic heterocycles. The van der Waals surface area contributed by atoms with Crippen LogP contribution in [0.25, 0.3) is 38.6 Å². The van der Waals surface area contributed by atoms with E-state index in [1.165, 1.54) is 0 Å². The fraction of sp³-hybridized carbons (Fsp3) is 0.235. The van der Waals surface area contributed by atoms with Crippen LogP contribution >= 0.6 is 0 Å². The summed E-state index contributed by atoms with van der Waals surface area (Å²) in [5, 5.41) is 18.8. The second-order valence-corrected chi connectivity index (χ2v) is 16.6. The van der Waals surface area contributed by atoms with Crippen molar-refractivity contribution in [2.45, 2.75) is 60.8 Å². The molecule has 1 fully saturated rings. The molecule has 0 saturated heterocycles. The Morgan fingerprint density at radius 1 is 0.590 bits per heavy atom. The maximum atomic E-state index is 9.39. The molecule has 61 heavy (non-hydrogen) atoms. The second-order valence-electron chi connectivity index (χ2n) is 16.6. The van der Waals surface area contributed by atoms with E-state index in [4.69, 9.17) is 36.5 Å². The standard InChI is InChI=1S/C51H42N9.Ir/c1-34-17-43(39-13-8-11-37(20-39)23-52)55-25-46(34)58-31-49(4)28-50(5,32-59-47-26-56-44(18-35(47)2)40-14-9-12-38(21-40)24-53)30-51(6,29-49)33-60-48-27-57-45(19-36(48)3)41-15-10-16-42(22-41)54-7;/h8-12,16-22,25-27,31-33H,28-30H2,1-6H3;/q-3;+3. The molecular weight excluding hydrogens is 931 g/mol. The van der Waals surface area contributed by atoms with Crippen molar-refractivity contribution < 1.29 is 20.1 Å². The third-order valence-corrected chi connectivity index (χ3v) is 10.8. The van der Waals surface area contributed by atoms with Crippen molar-refractivity contribution >= 4 is 41.4 Å². The van der Waals surface area contributed by atoms with Crippen LogP contribution in [0.3, 0.4) is 0 Å². The summed E-state index contributed by atoms with van der Waals surface area (Å²) < 4.78 is 0. The zero-order chi connectivity index (χ0) is 42.5. The summed E-state index contributed by atoms with van der Waals surface area (Å²) in [4.78, 5) is 32.9. The van der Waals surface area contributed by atoms with Gasteiger partial charge < -0.3 is 15.0 Å². The van der Waals surface area contributed by atoms with Crippen LogP contribution in [-0.4, -0.2) is 33.6 Å². The van der Waals surface area contributed by atoms with Crippen LogP contribution in [0.1, 0.15) is 67.9 Å². The maximum Gasteiger partial charge on any atom is 3.00 e. The van der Waals surface area contributed by atoms with Gasteiger partial charge in [-0.2, -0.15) is 16.6 Å². The number of rotatable bonds is 9. The van der Waals surface area contributed by atoms with Crippen molar-refractivity contribution in [3.8, 4) is 45.9 Å². The summed E-state index contributed by atoms with van der Waals surface area (Å²) in [5.74, 6) is 0. The van der Waals surface area contributed by atoms with Gasteiger partial charge in [0.15, 0.2) is 0 Å². The van der Waals surface area contributed by atoms with Crippen LogP contribution in [0.4, 0.5) is 22.7 Å². The molecule has 0 spiro atoms. The van der Waals surface area contributed by atoms with Crippen molar-refractivity contribution in [1.29, 1.82) is 10.5 Å². The molecule has 0 N–H and O–H groups in total. The molecule has 3 heterocycles. The summed E-state index contributed by atoms with van der Waals surface area (Å²) >= 11 is 0. The molecule has 0 radical (unpaired) electrons. The van der Waals surface area contributed by atoms with Crippen molar-refractivity contribution in [1.82, 2.24) is 15.0 Å². The first-order valence-corrected chi connectivity index (χ1v) is 19.6. The van der Waals surface area contributed by atoms with Crippen molar-refractivity contribution in [2.75, 3.05) is 0 Å². The summed E-state index contributed by atoms with van der Waals surface area (Å²) in [5.41, 5.74) is 10.3. The molecule has 300 valence electrons. The molecule has 3 aromatic carbocycles. The average Bonchev–Trinajstić information content (AvgIpc) is 3.24. The predicted molar refractivity (Wildman–Crippen MR) is 238 cm³/mol. The quantitative estimate of drug-likeness (QED) is 0.105. The van der Waals surface area contributed by atoms with Gasteiger partial charge in [-0.1, -0.05) is 39.0 Å². The van der Waals surface area contributed by atoms with Gasteiger partial charge in [-0.25, -0.2) is 0 Å². The van der Waals surface area contributed by atoms with Crippen LogP contribution in [0, 0.1) is 84.4 Å². The Balaban J connectivity index is 0.00000622. The van der Waals surface area contributed by atoms with Gasteiger partial charge in [0, 0.05) is 53.5 Å². The molecule has 3 aromatic heterocycles. The number of hydrogen-bond donors (Lipinski definition) is 0. The maximum absolute atomic E-state index is 9.39. The number of aromatic nitrogens is 3. The number of aliphatic imine (C=N–C) groups is 3. The Morgan fingerprint density at radius 2 is 0.934 bits per heavy atom. The normalized spacial score (nSPS) is 19.9. The van der Waals surface area contributed by atoms with E-state index < -0.39 is 0 Å². The van der Waals surface area contributed by atoms with E-state index in [0.29, 0.717) is 16.8 Å². The van der Waals surface area contributed by atoms with Gasteiger partial charge in [-0.3, -0.25) is 19.8 Å². The first-order valence-electron chi connectivity index (χ1n) is 19.6. The molecule has 2 unspecified atom stereocenters. The fourth-order valence-electron chi connectivity index (χ4n) is 8.44. The number of nitrogens with zero attached hydrogens (tertiary/aromatic N) is 9. The summed E-state index contributed by atoms with van der Waals surface area (Å²) in [6.07, 6.45) is 13.9. The molecule has 0 bridgehead atoms. The fourth-order valence-corrected chi connectivity index (χ4v) is 8.44. The monoisotopic (exact) mass is 973 g/mol. The molecule has 0 amide bonds. The third kappa shape index (κ3) is 10.3. The van der Waals surface area contributed by atoms with Gasteiger partial charge in [0.1, 0.15) is 5.69 Å². The zero-order valence-corrected chi connectivity index (χ0v) is 37.3. The van der Waals surface area contributed by atoms with Crippen molar-refractivity contribution in [3.63, 3.8) is 0 Å². The molecule has 7 rings (SSSR count). The van der Waals surface area contributed by atoms with Gasteiger partial charge in [0.25, 0.3) is 0 Å². The van der Waals surface area contributed by atoms with E-state index in [2.05, 4.69) is 74.6 Å². The van der Waals surface area contributed by atoms with E-state index in [-0.39, 0.29) is 36.4 Å². The molecule has 10 heteroatoms. The molecule has 1 aliphatic carbocycles. The smallest absolute Gasteiger partial charge is 0.303 e. The van der Waals surface area contributed by atoms with Crippen molar-refractivity contribution in [3.05, 3.63) is 149 Å². The minimum absolute atomic E-state index is 0. The largest absolute Gasteiger partial charge is 3.00 e. The Morgan fingerprint density at radius 3 is 1.26 bits per heavy atom. The topological polar surface area (TPSA) is 128 Å². The number of nitriles is 2. The molecule has 1 aliphatic rings. The minimum Gasteiger partial charge on any atom is -0.303 e. The van der Waals surface area contributed by atoms with Gasteiger partial charge >= 0.3 is 20.1 Å². The Kier molecular flexibility index (Phi) is 13.1. The average molecular weight is 973 g/mol. The number of benzene rings is 3. The summed E-state index contributed by atoms with van der Waals surface area (Å²) in [7, 11) is 0. The van der Waals surface area contributed by atoms with Gasteiger partial charge in [0.2, 0.25) is 0 Å². The van der Waals surface area contributed by atoms with Gasteiger partial charge in [0.05, 0.1) is 35.8 Å². The predicted octanol–water partition coefficient (Wildman–Crippen LogP) is 12.2. The van der Waals surface area contributed by atoms with Crippen LogP contribution < -0.4 is 0 Å². The van der Waals surface area contributed by atoms with Crippen LogP contribution in [0.2, 0.25) is 0 Å². The van der Waals surface area contributed by atoms with E-state index in [0.717, 1.165) is 86.8 Å². The van der Waals surface area contributed by atoms with E-state index in [1.807, 2.05) is 39.0 Å². The van der Waals surface area contributed by atoms with Crippen LogP contribution in [0.15, 0.2) is 106 Å². The molecule has 1 saturated carbocycles.